The van der Waals surface area contributed by atoms with Gasteiger partial charge in [0.25, 0.3) is 0 Å². The summed E-state index contributed by atoms with van der Waals surface area (Å²) in [6.07, 6.45) is 0. The second-order valence-electron chi connectivity index (χ2n) is 4.38. The Balaban J connectivity index is 2.19. The van der Waals surface area contributed by atoms with Crippen LogP contribution in [-0.4, -0.2) is 11.4 Å². The van der Waals surface area contributed by atoms with E-state index in [0.29, 0.717) is 10.0 Å². The molecule has 0 N–H and O–H groups in total. The molecule has 0 aliphatic heterocycles. The topological polar surface area (TPSA) is 24.7 Å². The summed E-state index contributed by atoms with van der Waals surface area (Å²) in [4.78, 5) is 0. The van der Waals surface area contributed by atoms with Crippen molar-refractivity contribution in [1.29, 1.82) is 0 Å². The third-order valence-electron chi connectivity index (χ3n) is 2.87. The number of hydrogen-bond acceptors (Lipinski definition) is 2. The minimum atomic E-state index is 0.711. The maximum Gasteiger partial charge on any atom is 0.0671 e. The van der Waals surface area contributed by atoms with E-state index in [9.17, 15) is 0 Å². The Labute approximate surface area is 128 Å². The molecule has 2 aromatic rings. The first kappa shape index (κ1) is 14.8. The van der Waals surface area contributed by atoms with E-state index < -0.39 is 0 Å². The fourth-order valence-electron chi connectivity index (χ4n) is 1.65. The number of hydrogen-bond donors (Lipinski definition) is 0. The van der Waals surface area contributed by atoms with Crippen LogP contribution in [0.1, 0.15) is 25.0 Å². The maximum atomic E-state index is 5.86. The number of benzene rings is 2. The fourth-order valence-corrected chi connectivity index (χ4v) is 1.90. The van der Waals surface area contributed by atoms with Crippen molar-refractivity contribution in [3.8, 4) is 0 Å². The van der Waals surface area contributed by atoms with Crippen LogP contribution in [0.5, 0.6) is 0 Å². The van der Waals surface area contributed by atoms with E-state index >= 15 is 0 Å². The lowest BCUT2D eigenvalue weighted by molar-refractivity contribution is 1.22. The van der Waals surface area contributed by atoms with Crippen LogP contribution in [0.2, 0.25) is 10.0 Å². The van der Waals surface area contributed by atoms with Gasteiger partial charge in [-0.3, -0.25) is 0 Å². The molecule has 0 radical (unpaired) electrons. The number of rotatable bonds is 3. The van der Waals surface area contributed by atoms with E-state index in [1.54, 1.807) is 0 Å². The first-order valence-electron chi connectivity index (χ1n) is 6.17. The average molecular weight is 305 g/mol. The highest BCUT2D eigenvalue weighted by atomic mass is 35.5. The predicted octanol–water partition coefficient (Wildman–Crippen LogP) is 5.23. The molecule has 0 saturated heterocycles. The van der Waals surface area contributed by atoms with Gasteiger partial charge in [-0.05, 0) is 49.2 Å². The fraction of sp³-hybridized carbons (Fsp3) is 0.125. The monoisotopic (exact) mass is 304 g/mol. The van der Waals surface area contributed by atoms with Crippen LogP contribution < -0.4 is 0 Å². The van der Waals surface area contributed by atoms with Crippen LogP contribution in [0.3, 0.4) is 0 Å². The first-order chi connectivity index (χ1) is 9.56. The summed E-state index contributed by atoms with van der Waals surface area (Å²) in [5.41, 5.74) is 3.69. The lowest BCUT2D eigenvalue weighted by Gasteiger charge is -2.01. The van der Waals surface area contributed by atoms with E-state index in [1.165, 1.54) is 0 Å². The predicted molar refractivity (Wildman–Crippen MR) is 87.3 cm³/mol. The largest absolute Gasteiger partial charge is 0.155 e. The Bertz CT molecular complexity index is 582. The van der Waals surface area contributed by atoms with Crippen LogP contribution >= 0.6 is 23.2 Å². The summed E-state index contributed by atoms with van der Waals surface area (Å²) in [6, 6.07) is 15.1. The highest BCUT2D eigenvalue weighted by Crippen LogP contribution is 2.12. The molecule has 0 aliphatic rings. The van der Waals surface area contributed by atoms with Gasteiger partial charge in [-0.15, -0.1) is 0 Å². The second-order valence-corrected chi connectivity index (χ2v) is 5.26. The maximum absolute atomic E-state index is 5.86. The second kappa shape index (κ2) is 6.69. The first-order valence-corrected chi connectivity index (χ1v) is 6.92. The summed E-state index contributed by atoms with van der Waals surface area (Å²) >= 11 is 11.7. The average Bonchev–Trinajstić information content (AvgIpc) is 2.46. The molecule has 4 heteroatoms. The Morgan fingerprint density at radius 3 is 1.25 bits per heavy atom. The van der Waals surface area contributed by atoms with Crippen LogP contribution in [0.15, 0.2) is 58.7 Å². The molecule has 0 bridgehead atoms. The standard InChI is InChI=1S/C16H14Cl2N2/c1-11(13-3-7-15(17)8-4-13)19-20-12(2)14-5-9-16(18)10-6-14/h3-10H,1-2H3/b19-11-,20-12?. The summed E-state index contributed by atoms with van der Waals surface area (Å²) in [5, 5.41) is 9.92. The van der Waals surface area contributed by atoms with Gasteiger partial charge in [-0.1, -0.05) is 47.5 Å². The van der Waals surface area contributed by atoms with Crippen LogP contribution in [0, 0.1) is 0 Å². The molecule has 0 amide bonds. The third-order valence-corrected chi connectivity index (χ3v) is 3.38. The quantitative estimate of drug-likeness (QED) is 0.548. The molecule has 0 spiro atoms. The molecular weight excluding hydrogens is 291 g/mol. The Hall–Kier alpha value is -1.64. The smallest absolute Gasteiger partial charge is 0.0671 e. The molecule has 2 aromatic carbocycles. The SMILES string of the molecule is CC(=N/N=C(/C)c1ccc(Cl)cc1)c1ccc(Cl)cc1. The molecule has 0 heterocycles. The molecule has 0 fully saturated rings. The minimum absolute atomic E-state index is 0.711. The van der Waals surface area contributed by atoms with Crippen LogP contribution in [-0.2, 0) is 0 Å². The van der Waals surface area contributed by atoms with Crippen molar-refractivity contribution in [3.05, 3.63) is 69.7 Å². The zero-order chi connectivity index (χ0) is 14.5. The van der Waals surface area contributed by atoms with E-state index in [0.717, 1.165) is 22.6 Å². The van der Waals surface area contributed by atoms with Crippen molar-refractivity contribution in [2.75, 3.05) is 0 Å². The molecular formula is C16H14Cl2N2. The van der Waals surface area contributed by atoms with Crippen LogP contribution in [0.4, 0.5) is 0 Å². The van der Waals surface area contributed by atoms with Crippen molar-refractivity contribution in [2.45, 2.75) is 13.8 Å². The summed E-state index contributed by atoms with van der Waals surface area (Å²) in [6.45, 7) is 3.84. The lowest BCUT2D eigenvalue weighted by Crippen LogP contribution is -1.96. The third kappa shape index (κ3) is 3.92. The molecule has 0 unspecified atom stereocenters. The van der Waals surface area contributed by atoms with Gasteiger partial charge in [0.05, 0.1) is 11.4 Å². The van der Waals surface area contributed by atoms with Crippen molar-refractivity contribution < 1.29 is 0 Å². The van der Waals surface area contributed by atoms with Gasteiger partial charge in [0, 0.05) is 10.0 Å². The van der Waals surface area contributed by atoms with E-state index in [4.69, 9.17) is 23.2 Å². The summed E-state index contributed by atoms with van der Waals surface area (Å²) < 4.78 is 0. The Morgan fingerprint density at radius 1 is 0.650 bits per heavy atom. The zero-order valence-electron chi connectivity index (χ0n) is 11.3. The highest BCUT2D eigenvalue weighted by Gasteiger charge is 1.99. The van der Waals surface area contributed by atoms with Crippen molar-refractivity contribution in [2.24, 2.45) is 10.2 Å². The van der Waals surface area contributed by atoms with Crippen molar-refractivity contribution in [1.82, 2.24) is 0 Å². The van der Waals surface area contributed by atoms with E-state index in [2.05, 4.69) is 10.2 Å². The summed E-state index contributed by atoms with van der Waals surface area (Å²) in [7, 11) is 0. The molecule has 2 rings (SSSR count). The number of halogens is 2. The van der Waals surface area contributed by atoms with Gasteiger partial charge in [-0.2, -0.15) is 10.2 Å². The molecule has 0 aliphatic carbocycles. The normalized spacial score (nSPS) is 12.6. The Morgan fingerprint density at radius 2 is 0.950 bits per heavy atom. The van der Waals surface area contributed by atoms with Crippen molar-refractivity contribution >= 4 is 34.6 Å². The minimum Gasteiger partial charge on any atom is -0.155 e. The Kier molecular flexibility index (Phi) is 4.94. The summed E-state index contributed by atoms with van der Waals surface area (Å²) in [5.74, 6) is 0. The van der Waals surface area contributed by atoms with Gasteiger partial charge in [0.2, 0.25) is 0 Å². The van der Waals surface area contributed by atoms with Crippen LogP contribution in [0.25, 0.3) is 0 Å². The molecule has 0 atom stereocenters. The highest BCUT2D eigenvalue weighted by molar-refractivity contribution is 6.31. The molecule has 0 saturated carbocycles. The lowest BCUT2D eigenvalue weighted by atomic mass is 10.1. The molecule has 102 valence electrons. The van der Waals surface area contributed by atoms with Gasteiger partial charge >= 0.3 is 0 Å². The van der Waals surface area contributed by atoms with Crippen molar-refractivity contribution in [3.63, 3.8) is 0 Å². The van der Waals surface area contributed by atoms with E-state index in [1.807, 2.05) is 62.4 Å². The van der Waals surface area contributed by atoms with Gasteiger partial charge in [0.1, 0.15) is 0 Å². The zero-order valence-corrected chi connectivity index (χ0v) is 12.8. The molecule has 0 aromatic heterocycles. The molecule has 20 heavy (non-hydrogen) atoms. The van der Waals surface area contributed by atoms with Gasteiger partial charge < -0.3 is 0 Å². The molecule has 2 nitrogen and oxygen atoms in total. The van der Waals surface area contributed by atoms with E-state index in [-0.39, 0.29) is 0 Å². The van der Waals surface area contributed by atoms with Gasteiger partial charge in [-0.25, -0.2) is 0 Å². The number of nitrogens with zero attached hydrogens (tertiary/aromatic N) is 2. The van der Waals surface area contributed by atoms with Gasteiger partial charge in [0.15, 0.2) is 0 Å².